The Labute approximate surface area is 138 Å². The Bertz CT molecular complexity index is 601. The summed E-state index contributed by atoms with van der Waals surface area (Å²) in [5.41, 5.74) is 1.65. The van der Waals surface area contributed by atoms with Crippen molar-refractivity contribution in [3.63, 3.8) is 0 Å². The third-order valence-electron chi connectivity index (χ3n) is 4.82. The van der Waals surface area contributed by atoms with Gasteiger partial charge in [0, 0.05) is 17.6 Å². The van der Waals surface area contributed by atoms with Gasteiger partial charge in [-0.3, -0.25) is 9.69 Å². The number of ether oxygens (including phenoxy) is 1. The van der Waals surface area contributed by atoms with E-state index < -0.39 is 0 Å². The second-order valence-electron chi connectivity index (χ2n) is 7.04. The quantitative estimate of drug-likeness (QED) is 0.929. The van der Waals surface area contributed by atoms with Crippen LogP contribution in [-0.4, -0.2) is 42.6 Å². The third kappa shape index (κ3) is 3.75. The molecule has 23 heavy (non-hydrogen) atoms. The molecule has 0 aromatic heterocycles. The molecule has 0 bridgehead atoms. The number of carbonyl (C=O) groups excluding carboxylic acids is 1. The van der Waals surface area contributed by atoms with Gasteiger partial charge in [0.2, 0.25) is 0 Å². The van der Waals surface area contributed by atoms with Gasteiger partial charge in [-0.2, -0.15) is 0 Å². The van der Waals surface area contributed by atoms with E-state index in [9.17, 15) is 4.79 Å². The van der Waals surface area contributed by atoms with Gasteiger partial charge in [-0.05, 0) is 51.9 Å². The SMILES string of the molecule is CC(C)(CNC(=O)C1=Cc2ccccc2OC1)N1CCCCC1. The van der Waals surface area contributed by atoms with Crippen LogP contribution in [0.3, 0.4) is 0 Å². The molecule has 0 spiro atoms. The summed E-state index contributed by atoms with van der Waals surface area (Å²) in [6, 6.07) is 7.80. The summed E-state index contributed by atoms with van der Waals surface area (Å²) in [5, 5.41) is 3.09. The molecule has 2 aliphatic rings. The Morgan fingerprint density at radius 1 is 1.22 bits per heavy atom. The minimum atomic E-state index is -0.0235. The second-order valence-corrected chi connectivity index (χ2v) is 7.04. The lowest BCUT2D eigenvalue weighted by Crippen LogP contribution is -2.53. The van der Waals surface area contributed by atoms with Crippen LogP contribution in [0.2, 0.25) is 0 Å². The Balaban J connectivity index is 1.60. The van der Waals surface area contributed by atoms with Gasteiger partial charge in [0.1, 0.15) is 12.4 Å². The standard InChI is InChI=1S/C19H26N2O2/c1-19(2,21-10-6-3-7-11-21)14-20-18(22)16-12-15-8-4-5-9-17(15)23-13-16/h4-5,8-9,12H,3,6-7,10-11,13-14H2,1-2H3,(H,20,22). The Kier molecular flexibility index (Phi) is 4.71. The van der Waals surface area contributed by atoms with Crippen LogP contribution in [0.1, 0.15) is 38.7 Å². The smallest absolute Gasteiger partial charge is 0.250 e. The Morgan fingerprint density at radius 2 is 1.96 bits per heavy atom. The monoisotopic (exact) mass is 314 g/mol. The lowest BCUT2D eigenvalue weighted by atomic mass is 9.98. The van der Waals surface area contributed by atoms with Crippen molar-refractivity contribution in [1.29, 1.82) is 0 Å². The molecule has 0 radical (unpaired) electrons. The fourth-order valence-electron chi connectivity index (χ4n) is 3.27. The highest BCUT2D eigenvalue weighted by Gasteiger charge is 2.29. The molecule has 0 atom stereocenters. The highest BCUT2D eigenvalue weighted by atomic mass is 16.5. The first kappa shape index (κ1) is 16.1. The topological polar surface area (TPSA) is 41.6 Å². The van der Waals surface area contributed by atoms with Gasteiger partial charge >= 0.3 is 0 Å². The number of benzene rings is 1. The van der Waals surface area contributed by atoms with Gasteiger partial charge in [-0.1, -0.05) is 24.6 Å². The molecule has 1 saturated heterocycles. The van der Waals surface area contributed by atoms with Gasteiger partial charge in [0.15, 0.2) is 0 Å². The van der Waals surface area contributed by atoms with Crippen LogP contribution in [0.15, 0.2) is 29.8 Å². The number of hydrogen-bond donors (Lipinski definition) is 1. The highest BCUT2D eigenvalue weighted by Crippen LogP contribution is 2.26. The number of nitrogens with one attached hydrogen (secondary N) is 1. The van der Waals surface area contributed by atoms with Crippen molar-refractivity contribution in [3.8, 4) is 5.75 Å². The number of amides is 1. The van der Waals surface area contributed by atoms with Crippen LogP contribution < -0.4 is 10.1 Å². The third-order valence-corrected chi connectivity index (χ3v) is 4.82. The zero-order chi connectivity index (χ0) is 16.3. The van der Waals surface area contributed by atoms with Crippen LogP contribution in [0.4, 0.5) is 0 Å². The second kappa shape index (κ2) is 6.75. The van der Waals surface area contributed by atoms with E-state index in [1.54, 1.807) is 0 Å². The van der Waals surface area contributed by atoms with Gasteiger partial charge < -0.3 is 10.1 Å². The van der Waals surface area contributed by atoms with Crippen LogP contribution in [0.5, 0.6) is 5.75 Å². The number of likely N-dealkylation sites (tertiary alicyclic amines) is 1. The predicted octanol–water partition coefficient (Wildman–Crippen LogP) is 2.84. The molecule has 1 N–H and O–H groups in total. The number of nitrogens with zero attached hydrogens (tertiary/aromatic N) is 1. The van der Waals surface area contributed by atoms with Crippen LogP contribution in [-0.2, 0) is 4.79 Å². The van der Waals surface area contributed by atoms with E-state index in [2.05, 4.69) is 24.1 Å². The zero-order valence-electron chi connectivity index (χ0n) is 14.1. The van der Waals surface area contributed by atoms with Gasteiger partial charge in [-0.15, -0.1) is 0 Å². The van der Waals surface area contributed by atoms with E-state index in [1.807, 2.05) is 30.3 Å². The molecule has 0 unspecified atom stereocenters. The fourth-order valence-corrected chi connectivity index (χ4v) is 3.27. The van der Waals surface area contributed by atoms with Crippen LogP contribution >= 0.6 is 0 Å². The summed E-state index contributed by atoms with van der Waals surface area (Å²) in [6.07, 6.45) is 5.77. The van der Waals surface area contributed by atoms with Crippen molar-refractivity contribution >= 4 is 12.0 Å². The molecule has 0 aliphatic carbocycles. The van der Waals surface area contributed by atoms with E-state index >= 15 is 0 Å². The maximum absolute atomic E-state index is 12.5. The van der Waals surface area contributed by atoms with Crippen molar-refractivity contribution in [3.05, 3.63) is 35.4 Å². The summed E-state index contributed by atoms with van der Waals surface area (Å²) in [4.78, 5) is 14.9. The number of carbonyl (C=O) groups is 1. The molecular weight excluding hydrogens is 288 g/mol. The van der Waals surface area contributed by atoms with E-state index in [1.165, 1.54) is 19.3 Å². The maximum atomic E-state index is 12.5. The van der Waals surface area contributed by atoms with Gasteiger partial charge in [-0.25, -0.2) is 0 Å². The molecule has 2 aliphatic heterocycles. The van der Waals surface area contributed by atoms with Crippen molar-refractivity contribution in [2.45, 2.75) is 38.6 Å². The van der Waals surface area contributed by atoms with Crippen LogP contribution in [0, 0.1) is 0 Å². The van der Waals surface area contributed by atoms with E-state index in [-0.39, 0.29) is 11.4 Å². The Hall–Kier alpha value is -1.81. The van der Waals surface area contributed by atoms with Crippen molar-refractivity contribution in [1.82, 2.24) is 10.2 Å². The lowest BCUT2D eigenvalue weighted by Gasteiger charge is -2.41. The minimum absolute atomic E-state index is 0.00985. The highest BCUT2D eigenvalue weighted by molar-refractivity contribution is 5.99. The number of fused-ring (bicyclic) bond motifs is 1. The molecule has 4 nitrogen and oxygen atoms in total. The van der Waals surface area contributed by atoms with Gasteiger partial charge in [0.05, 0.1) is 5.57 Å². The summed E-state index contributed by atoms with van der Waals surface area (Å²) in [7, 11) is 0. The average molecular weight is 314 g/mol. The van der Waals surface area contributed by atoms with E-state index in [0.29, 0.717) is 18.7 Å². The maximum Gasteiger partial charge on any atom is 0.250 e. The summed E-state index contributed by atoms with van der Waals surface area (Å²) >= 11 is 0. The predicted molar refractivity (Wildman–Crippen MR) is 92.4 cm³/mol. The van der Waals surface area contributed by atoms with Crippen LogP contribution in [0.25, 0.3) is 6.08 Å². The van der Waals surface area contributed by atoms with E-state index in [0.717, 1.165) is 24.4 Å². The molecular formula is C19H26N2O2. The summed E-state index contributed by atoms with van der Waals surface area (Å²) in [6.45, 7) is 7.67. The number of piperidine rings is 1. The molecule has 0 saturated carbocycles. The first-order valence-corrected chi connectivity index (χ1v) is 8.52. The molecule has 2 heterocycles. The largest absolute Gasteiger partial charge is 0.488 e. The molecule has 1 amide bonds. The molecule has 1 aromatic rings. The van der Waals surface area contributed by atoms with Crippen molar-refractivity contribution in [2.24, 2.45) is 0 Å². The van der Waals surface area contributed by atoms with E-state index in [4.69, 9.17) is 4.74 Å². The van der Waals surface area contributed by atoms with Crippen molar-refractivity contribution < 1.29 is 9.53 Å². The summed E-state index contributed by atoms with van der Waals surface area (Å²) in [5.74, 6) is 0.822. The molecule has 124 valence electrons. The summed E-state index contributed by atoms with van der Waals surface area (Å²) < 4.78 is 5.67. The zero-order valence-corrected chi connectivity index (χ0v) is 14.1. The first-order chi connectivity index (χ1) is 11.1. The molecule has 3 rings (SSSR count). The minimum Gasteiger partial charge on any atom is -0.488 e. The van der Waals surface area contributed by atoms with Gasteiger partial charge in [0.25, 0.3) is 5.91 Å². The lowest BCUT2D eigenvalue weighted by molar-refractivity contribution is -0.118. The number of rotatable bonds is 4. The number of hydrogen-bond acceptors (Lipinski definition) is 3. The first-order valence-electron chi connectivity index (χ1n) is 8.52. The van der Waals surface area contributed by atoms with Crippen molar-refractivity contribution in [2.75, 3.05) is 26.2 Å². The normalized spacial score (nSPS) is 18.6. The molecule has 1 aromatic carbocycles. The Morgan fingerprint density at radius 3 is 2.74 bits per heavy atom. The average Bonchev–Trinajstić information content (AvgIpc) is 2.60. The fraction of sp³-hybridized carbons (Fsp3) is 0.526. The molecule has 1 fully saturated rings. The molecule has 4 heteroatoms. The number of para-hydroxylation sites is 1.